The highest BCUT2D eigenvalue weighted by Gasteiger charge is 2.42. The summed E-state index contributed by atoms with van der Waals surface area (Å²) in [5, 5.41) is 3.86. The summed E-state index contributed by atoms with van der Waals surface area (Å²) in [5.41, 5.74) is 2.35. The molecule has 0 amide bonds. The molecule has 0 radical (unpaired) electrons. The van der Waals surface area contributed by atoms with Gasteiger partial charge in [0.1, 0.15) is 5.82 Å². The molecule has 1 aliphatic rings. The van der Waals surface area contributed by atoms with Gasteiger partial charge in [-0.1, -0.05) is 18.2 Å². The zero-order chi connectivity index (χ0) is 19.9. The monoisotopic (exact) mass is 394 g/mol. The van der Waals surface area contributed by atoms with Crippen molar-refractivity contribution in [3.8, 4) is 0 Å². The number of halogens is 1. The lowest BCUT2D eigenvalue weighted by Crippen LogP contribution is -2.30. The van der Waals surface area contributed by atoms with Crippen LogP contribution in [0.4, 0.5) is 10.1 Å². The van der Waals surface area contributed by atoms with Crippen molar-refractivity contribution in [1.29, 1.82) is 0 Å². The Morgan fingerprint density at radius 2 is 1.82 bits per heavy atom. The summed E-state index contributed by atoms with van der Waals surface area (Å²) < 4.78 is 16.8. The van der Waals surface area contributed by atoms with Crippen LogP contribution in [0.15, 0.2) is 67.1 Å². The van der Waals surface area contributed by atoms with Crippen LogP contribution in [0.1, 0.15) is 44.1 Å². The molecular formula is C22H23FN4S. The number of aromatic nitrogens is 2. The first-order valence-electron chi connectivity index (χ1n) is 9.30. The Hall–Kier alpha value is -2.73. The van der Waals surface area contributed by atoms with Gasteiger partial charge in [0.15, 0.2) is 5.11 Å². The quantitative estimate of drug-likeness (QED) is 0.637. The fourth-order valence-electron chi connectivity index (χ4n) is 3.61. The molecule has 2 aromatic heterocycles. The van der Waals surface area contributed by atoms with E-state index in [4.69, 9.17) is 12.2 Å². The molecule has 3 heterocycles. The van der Waals surface area contributed by atoms with Gasteiger partial charge < -0.3 is 14.8 Å². The topological polar surface area (TPSA) is 33.1 Å². The third kappa shape index (κ3) is 3.29. The molecule has 1 aromatic carbocycles. The predicted molar refractivity (Wildman–Crippen MR) is 114 cm³/mol. The van der Waals surface area contributed by atoms with Crippen LogP contribution < -0.4 is 10.2 Å². The number of nitrogens with zero attached hydrogens (tertiary/aromatic N) is 3. The molecule has 0 spiro atoms. The third-order valence-electron chi connectivity index (χ3n) is 5.04. The van der Waals surface area contributed by atoms with Crippen LogP contribution in [0.5, 0.6) is 0 Å². The van der Waals surface area contributed by atoms with E-state index < -0.39 is 0 Å². The lowest BCUT2D eigenvalue weighted by Gasteiger charge is -2.28. The van der Waals surface area contributed by atoms with Gasteiger partial charge in [-0.05, 0) is 68.9 Å². The average molecular weight is 395 g/mol. The summed E-state index contributed by atoms with van der Waals surface area (Å²) >= 11 is 5.63. The van der Waals surface area contributed by atoms with E-state index >= 15 is 0 Å². The van der Waals surface area contributed by atoms with E-state index in [-0.39, 0.29) is 23.4 Å². The molecule has 28 heavy (non-hydrogen) atoms. The Labute approximate surface area is 170 Å². The van der Waals surface area contributed by atoms with Crippen molar-refractivity contribution in [2.75, 3.05) is 4.90 Å². The maximum Gasteiger partial charge on any atom is 0.174 e. The SMILES string of the molecule is CC(C)(C)n1ccc([C@H]2[C@H](c3ccccn3)NC(=S)N2c2ccccc2F)c1. The predicted octanol–water partition coefficient (Wildman–Crippen LogP) is 4.95. The van der Waals surface area contributed by atoms with Crippen LogP contribution in [-0.2, 0) is 5.54 Å². The van der Waals surface area contributed by atoms with Crippen LogP contribution in [0.25, 0.3) is 0 Å². The molecule has 2 atom stereocenters. The molecule has 0 aliphatic carbocycles. The summed E-state index contributed by atoms with van der Waals surface area (Å²) in [6.07, 6.45) is 5.94. The number of benzene rings is 1. The number of para-hydroxylation sites is 1. The highest BCUT2D eigenvalue weighted by Crippen LogP contribution is 2.42. The van der Waals surface area contributed by atoms with Crippen molar-refractivity contribution in [3.05, 3.63) is 84.2 Å². The maximum atomic E-state index is 14.7. The minimum absolute atomic E-state index is 0.0475. The summed E-state index contributed by atoms with van der Waals surface area (Å²) in [7, 11) is 0. The molecule has 0 bridgehead atoms. The number of nitrogens with one attached hydrogen (secondary N) is 1. The van der Waals surface area contributed by atoms with E-state index in [0.717, 1.165) is 11.3 Å². The number of pyridine rings is 1. The second kappa shape index (κ2) is 7.02. The summed E-state index contributed by atoms with van der Waals surface area (Å²) in [6.45, 7) is 6.46. The van der Waals surface area contributed by atoms with Gasteiger partial charge in [-0.15, -0.1) is 0 Å². The van der Waals surface area contributed by atoms with E-state index in [1.54, 1.807) is 18.3 Å². The molecule has 1 aliphatic heterocycles. The highest BCUT2D eigenvalue weighted by atomic mass is 32.1. The largest absolute Gasteiger partial charge is 0.351 e. The molecule has 4 nitrogen and oxygen atoms in total. The third-order valence-corrected chi connectivity index (χ3v) is 5.36. The van der Waals surface area contributed by atoms with E-state index in [9.17, 15) is 4.39 Å². The molecule has 0 saturated carbocycles. The van der Waals surface area contributed by atoms with Crippen molar-refractivity contribution in [1.82, 2.24) is 14.9 Å². The molecule has 3 aromatic rings. The number of hydrogen-bond donors (Lipinski definition) is 1. The molecule has 1 saturated heterocycles. The average Bonchev–Trinajstić information content (AvgIpc) is 3.27. The Balaban J connectivity index is 1.84. The second-order valence-corrected chi connectivity index (χ2v) is 8.36. The van der Waals surface area contributed by atoms with Crippen LogP contribution in [0.3, 0.4) is 0 Å². The molecule has 6 heteroatoms. The first kappa shape index (κ1) is 18.6. The Kier molecular flexibility index (Phi) is 4.67. The van der Waals surface area contributed by atoms with Gasteiger partial charge in [0, 0.05) is 24.1 Å². The lowest BCUT2D eigenvalue weighted by atomic mass is 9.98. The van der Waals surface area contributed by atoms with E-state index in [2.05, 4.69) is 54.1 Å². The van der Waals surface area contributed by atoms with Gasteiger partial charge in [-0.2, -0.15) is 0 Å². The zero-order valence-electron chi connectivity index (χ0n) is 16.1. The Morgan fingerprint density at radius 3 is 2.46 bits per heavy atom. The number of hydrogen-bond acceptors (Lipinski definition) is 2. The van der Waals surface area contributed by atoms with E-state index in [1.807, 2.05) is 29.2 Å². The molecule has 1 fully saturated rings. The minimum Gasteiger partial charge on any atom is -0.351 e. The van der Waals surface area contributed by atoms with Crippen molar-refractivity contribution in [2.45, 2.75) is 38.4 Å². The molecule has 1 N–H and O–H groups in total. The zero-order valence-corrected chi connectivity index (χ0v) is 16.9. The number of rotatable bonds is 3. The smallest absolute Gasteiger partial charge is 0.174 e. The van der Waals surface area contributed by atoms with Crippen molar-refractivity contribution in [3.63, 3.8) is 0 Å². The summed E-state index contributed by atoms with van der Waals surface area (Å²) in [4.78, 5) is 6.40. The van der Waals surface area contributed by atoms with E-state index in [0.29, 0.717) is 10.8 Å². The van der Waals surface area contributed by atoms with Crippen LogP contribution >= 0.6 is 12.2 Å². The number of anilines is 1. The Bertz CT molecular complexity index is 993. The molecular weight excluding hydrogens is 371 g/mol. The normalized spacial score (nSPS) is 19.7. The fourth-order valence-corrected chi connectivity index (χ4v) is 3.94. The highest BCUT2D eigenvalue weighted by molar-refractivity contribution is 7.80. The van der Waals surface area contributed by atoms with Crippen molar-refractivity contribution < 1.29 is 4.39 Å². The van der Waals surface area contributed by atoms with Gasteiger partial charge in [-0.3, -0.25) is 4.98 Å². The molecule has 0 unspecified atom stereocenters. The standard InChI is InChI=1S/C22H23FN4S/c1-22(2,3)26-13-11-15(14-26)20-19(17-9-6-7-12-24-17)25-21(28)27(20)18-10-5-4-8-16(18)23/h4-14,19-20H,1-3H3,(H,25,28)/t19-,20-/m0/s1. The van der Waals surface area contributed by atoms with Gasteiger partial charge >= 0.3 is 0 Å². The Morgan fingerprint density at radius 1 is 1.07 bits per heavy atom. The first-order valence-corrected chi connectivity index (χ1v) is 9.70. The summed E-state index contributed by atoms with van der Waals surface area (Å²) in [6, 6.07) is 14.2. The second-order valence-electron chi connectivity index (χ2n) is 7.97. The van der Waals surface area contributed by atoms with Gasteiger partial charge in [0.05, 0.1) is 23.5 Å². The molecule has 144 valence electrons. The fraction of sp³-hybridized carbons (Fsp3) is 0.273. The van der Waals surface area contributed by atoms with Gasteiger partial charge in [0.25, 0.3) is 0 Å². The van der Waals surface area contributed by atoms with Crippen molar-refractivity contribution >= 4 is 23.0 Å². The minimum atomic E-state index is -0.298. The van der Waals surface area contributed by atoms with Crippen LogP contribution in [0.2, 0.25) is 0 Å². The molecule has 4 rings (SSSR count). The summed E-state index contributed by atoms with van der Waals surface area (Å²) in [5.74, 6) is -0.298. The van der Waals surface area contributed by atoms with Gasteiger partial charge in [-0.25, -0.2) is 4.39 Å². The lowest BCUT2D eigenvalue weighted by molar-refractivity contribution is 0.397. The van der Waals surface area contributed by atoms with E-state index in [1.165, 1.54) is 6.07 Å². The van der Waals surface area contributed by atoms with Gasteiger partial charge in [0.2, 0.25) is 0 Å². The van der Waals surface area contributed by atoms with Crippen molar-refractivity contribution in [2.24, 2.45) is 0 Å². The first-order chi connectivity index (χ1) is 13.4. The number of thiocarbonyl (C=S) groups is 1. The van der Waals surface area contributed by atoms with Crippen LogP contribution in [-0.4, -0.2) is 14.7 Å². The maximum absolute atomic E-state index is 14.7. The van der Waals surface area contributed by atoms with Crippen LogP contribution in [0, 0.1) is 5.82 Å².